The van der Waals surface area contributed by atoms with Gasteiger partial charge in [0, 0.05) is 25.5 Å². The van der Waals surface area contributed by atoms with Crippen LogP contribution in [-0.2, 0) is 23.9 Å². The van der Waals surface area contributed by atoms with Crippen molar-refractivity contribution in [3.8, 4) is 11.1 Å². The van der Waals surface area contributed by atoms with E-state index in [2.05, 4.69) is 22.6 Å². The topological polar surface area (TPSA) is 110 Å². The minimum absolute atomic E-state index is 0.0465. The van der Waals surface area contributed by atoms with Gasteiger partial charge in [0.05, 0.1) is 22.9 Å². The van der Waals surface area contributed by atoms with Crippen molar-refractivity contribution in [1.82, 2.24) is 0 Å². The van der Waals surface area contributed by atoms with Gasteiger partial charge >= 0.3 is 11.9 Å². The lowest BCUT2D eigenvalue weighted by Crippen LogP contribution is -2.04. The first-order valence-corrected chi connectivity index (χ1v) is 9.73. The smallest absolute Gasteiger partial charge is 0.330 e. The number of ether oxygens (including phenoxy) is 2. The maximum absolute atomic E-state index is 10.1. The van der Waals surface area contributed by atoms with Gasteiger partial charge < -0.3 is 19.7 Å². The molecule has 2 N–H and O–H groups in total. The second kappa shape index (κ2) is 19.8. The summed E-state index contributed by atoms with van der Waals surface area (Å²) in [6.07, 6.45) is 2.15. The molecule has 0 spiro atoms. The van der Waals surface area contributed by atoms with Crippen LogP contribution in [0.3, 0.4) is 0 Å². The van der Waals surface area contributed by atoms with E-state index in [1.165, 1.54) is 6.92 Å². The molecule has 32 heavy (non-hydrogen) atoms. The number of hydrogen-bond acceptors (Lipinski definition) is 6. The number of esters is 2. The number of carboxylic acid groups (broad SMARTS) is 1. The van der Waals surface area contributed by atoms with Crippen LogP contribution < -0.4 is 0 Å². The number of aliphatic carboxylic acids is 1. The monoisotopic (exact) mass is 484 g/mol. The van der Waals surface area contributed by atoms with Crippen LogP contribution in [0.25, 0.3) is 11.1 Å². The second-order valence-corrected chi connectivity index (χ2v) is 6.14. The van der Waals surface area contributed by atoms with Gasteiger partial charge in [-0.2, -0.15) is 0 Å². The number of aliphatic hydroxyl groups excluding tert-OH is 1. The maximum atomic E-state index is 10.1. The lowest BCUT2D eigenvalue weighted by Gasteiger charge is -2.04. The molecule has 0 fully saturated rings. The van der Waals surface area contributed by atoms with Gasteiger partial charge in [0.2, 0.25) is 0 Å². The van der Waals surface area contributed by atoms with Gasteiger partial charge in [0.1, 0.15) is 6.61 Å². The van der Waals surface area contributed by atoms with E-state index in [9.17, 15) is 9.59 Å². The van der Waals surface area contributed by atoms with Crippen LogP contribution in [0, 0.1) is 0 Å². The molecule has 0 aromatic heterocycles. The standard InChI is InChI=1S/C12H8Cl2.C5H8O3.C4H6O2.C2H4O2/c13-11-8-4-7-10(12(11)14)9-5-2-1-3-6-9;1-2-5(7)8-4-3-6;1-3-6-4(2)5;1-2(3)4/h1-8H;2,6H,1,3-4H2;3H,1H2,2H3;1H3,(H,3,4). The highest BCUT2D eigenvalue weighted by atomic mass is 35.5. The number of carbonyl (C=O) groups excluding carboxylic acids is 2. The van der Waals surface area contributed by atoms with E-state index in [0.717, 1.165) is 30.4 Å². The quantitative estimate of drug-likeness (QED) is 0.342. The van der Waals surface area contributed by atoms with Crippen molar-refractivity contribution < 1.29 is 34.1 Å². The fraction of sp³-hybridized carbons (Fsp3) is 0.174. The predicted molar refractivity (Wildman–Crippen MR) is 125 cm³/mol. The lowest BCUT2D eigenvalue weighted by molar-refractivity contribution is -0.139. The Morgan fingerprint density at radius 1 is 1.00 bits per heavy atom. The molecule has 2 aromatic rings. The number of halogens is 2. The van der Waals surface area contributed by atoms with Crippen molar-refractivity contribution in [2.75, 3.05) is 13.2 Å². The van der Waals surface area contributed by atoms with Gasteiger partial charge in [-0.3, -0.25) is 9.59 Å². The van der Waals surface area contributed by atoms with Crippen LogP contribution in [0.1, 0.15) is 13.8 Å². The molecule has 0 saturated heterocycles. The maximum Gasteiger partial charge on any atom is 0.330 e. The minimum atomic E-state index is -0.833. The highest BCUT2D eigenvalue weighted by Crippen LogP contribution is 2.32. The largest absolute Gasteiger partial charge is 0.481 e. The minimum Gasteiger partial charge on any atom is -0.481 e. The van der Waals surface area contributed by atoms with E-state index >= 15 is 0 Å². The molecule has 0 bridgehead atoms. The zero-order valence-corrected chi connectivity index (χ0v) is 19.3. The molecule has 2 rings (SSSR count). The Hall–Kier alpha value is -3.13. The van der Waals surface area contributed by atoms with Crippen molar-refractivity contribution in [3.63, 3.8) is 0 Å². The van der Waals surface area contributed by atoms with Gasteiger partial charge in [-0.1, -0.05) is 78.8 Å². The molecule has 0 heterocycles. The first-order chi connectivity index (χ1) is 15.1. The summed E-state index contributed by atoms with van der Waals surface area (Å²) in [5.41, 5.74) is 2.06. The van der Waals surface area contributed by atoms with E-state index in [0.29, 0.717) is 10.0 Å². The first kappa shape index (κ1) is 31.1. The molecule has 0 saturated carbocycles. The van der Waals surface area contributed by atoms with Crippen molar-refractivity contribution in [3.05, 3.63) is 84.1 Å². The lowest BCUT2D eigenvalue weighted by atomic mass is 10.1. The van der Waals surface area contributed by atoms with Crippen LogP contribution in [0.15, 0.2) is 74.0 Å². The van der Waals surface area contributed by atoms with E-state index in [-0.39, 0.29) is 19.2 Å². The molecule has 0 aliphatic heterocycles. The molecular weight excluding hydrogens is 459 g/mol. The van der Waals surface area contributed by atoms with Crippen LogP contribution in [0.5, 0.6) is 0 Å². The summed E-state index contributed by atoms with van der Waals surface area (Å²) in [6, 6.07) is 15.6. The highest BCUT2D eigenvalue weighted by Gasteiger charge is 2.05. The number of aliphatic hydroxyl groups is 1. The van der Waals surface area contributed by atoms with Crippen molar-refractivity contribution >= 4 is 41.1 Å². The van der Waals surface area contributed by atoms with E-state index in [1.54, 1.807) is 6.07 Å². The third-order valence-corrected chi connectivity index (χ3v) is 3.61. The molecule has 0 amide bonds. The van der Waals surface area contributed by atoms with E-state index < -0.39 is 11.9 Å². The molecule has 174 valence electrons. The predicted octanol–water partition coefficient (Wildman–Crippen LogP) is 5.15. The van der Waals surface area contributed by atoms with Crippen LogP contribution in [-0.4, -0.2) is 41.3 Å². The molecular formula is C23H26Cl2O7. The molecule has 2 aromatic carbocycles. The van der Waals surface area contributed by atoms with Crippen molar-refractivity contribution in [2.45, 2.75) is 13.8 Å². The molecule has 0 unspecified atom stereocenters. The molecule has 0 atom stereocenters. The van der Waals surface area contributed by atoms with Gasteiger partial charge in [-0.25, -0.2) is 4.79 Å². The average Bonchev–Trinajstić information content (AvgIpc) is 2.75. The summed E-state index contributed by atoms with van der Waals surface area (Å²) < 4.78 is 8.50. The average molecular weight is 485 g/mol. The zero-order valence-electron chi connectivity index (χ0n) is 17.8. The SMILES string of the molecule is C=CC(=O)OCCO.C=COC(C)=O.CC(=O)O.Clc1cccc(-c2ccccc2)c1Cl. The molecule has 0 aliphatic carbocycles. The number of benzene rings is 2. The summed E-state index contributed by atoms with van der Waals surface area (Å²) in [7, 11) is 0. The molecule has 7 nitrogen and oxygen atoms in total. The van der Waals surface area contributed by atoms with E-state index in [4.69, 9.17) is 38.2 Å². The fourth-order valence-corrected chi connectivity index (χ4v) is 2.08. The number of hydrogen-bond donors (Lipinski definition) is 2. The summed E-state index contributed by atoms with van der Waals surface area (Å²) in [5, 5.41) is 16.7. The third kappa shape index (κ3) is 17.7. The Bertz CT molecular complexity index is 849. The number of carbonyl (C=O) groups is 3. The molecule has 9 heteroatoms. The molecule has 0 radical (unpaired) electrons. The highest BCUT2D eigenvalue weighted by molar-refractivity contribution is 6.43. The Labute approximate surface area is 197 Å². The number of carboxylic acids is 1. The third-order valence-electron chi connectivity index (χ3n) is 2.79. The fourth-order valence-electron chi connectivity index (χ4n) is 1.67. The van der Waals surface area contributed by atoms with Crippen LogP contribution in [0.2, 0.25) is 10.0 Å². The first-order valence-electron chi connectivity index (χ1n) is 8.97. The summed E-state index contributed by atoms with van der Waals surface area (Å²) >= 11 is 12.0. The normalized spacial score (nSPS) is 8.53. The van der Waals surface area contributed by atoms with Gasteiger partial charge in [0.25, 0.3) is 5.97 Å². The Balaban J connectivity index is 0. The Morgan fingerprint density at radius 3 is 1.97 bits per heavy atom. The number of rotatable bonds is 5. The second-order valence-electron chi connectivity index (χ2n) is 5.36. The van der Waals surface area contributed by atoms with Crippen molar-refractivity contribution in [2.24, 2.45) is 0 Å². The van der Waals surface area contributed by atoms with Gasteiger partial charge in [0.15, 0.2) is 0 Å². The van der Waals surface area contributed by atoms with Crippen molar-refractivity contribution in [1.29, 1.82) is 0 Å². The van der Waals surface area contributed by atoms with E-state index in [1.807, 2.05) is 42.5 Å². The zero-order chi connectivity index (χ0) is 24.9. The van der Waals surface area contributed by atoms with Crippen LogP contribution >= 0.6 is 23.2 Å². The molecule has 0 aliphatic rings. The van der Waals surface area contributed by atoms with Gasteiger partial charge in [-0.15, -0.1) is 0 Å². The summed E-state index contributed by atoms with van der Waals surface area (Å²) in [4.78, 5) is 28.9. The van der Waals surface area contributed by atoms with Gasteiger partial charge in [-0.05, 0) is 11.6 Å². The Morgan fingerprint density at radius 2 is 1.56 bits per heavy atom. The summed E-state index contributed by atoms with van der Waals surface area (Å²) in [5.74, 6) is -1.66. The summed E-state index contributed by atoms with van der Waals surface area (Å²) in [6.45, 7) is 8.63. The van der Waals surface area contributed by atoms with Crippen LogP contribution in [0.4, 0.5) is 0 Å². The Kier molecular flexibility index (Phi) is 19.2.